The van der Waals surface area contributed by atoms with Crippen molar-refractivity contribution in [3.8, 4) is 0 Å². The standard InChI is InChI=1S/C8H12N4O/c1-12(2)7-5-10-4-3-6(7)8(9)11-13/h3-5,13H,1-2H3,(H2,9,11). The highest BCUT2D eigenvalue weighted by atomic mass is 16.4. The zero-order valence-corrected chi connectivity index (χ0v) is 7.60. The molecule has 0 aromatic carbocycles. The summed E-state index contributed by atoms with van der Waals surface area (Å²) in [6.07, 6.45) is 3.26. The first-order valence-corrected chi connectivity index (χ1v) is 3.76. The number of nitrogens with two attached hydrogens (primary N) is 1. The highest BCUT2D eigenvalue weighted by molar-refractivity contribution is 6.01. The van der Waals surface area contributed by atoms with Gasteiger partial charge in [-0.1, -0.05) is 5.16 Å². The molecule has 13 heavy (non-hydrogen) atoms. The first-order valence-electron chi connectivity index (χ1n) is 3.76. The van der Waals surface area contributed by atoms with E-state index in [9.17, 15) is 0 Å². The van der Waals surface area contributed by atoms with E-state index in [1.807, 2.05) is 19.0 Å². The number of anilines is 1. The lowest BCUT2D eigenvalue weighted by molar-refractivity contribution is 0.318. The molecule has 0 amide bonds. The van der Waals surface area contributed by atoms with Crippen LogP contribution >= 0.6 is 0 Å². The fourth-order valence-electron chi connectivity index (χ4n) is 1.01. The minimum absolute atomic E-state index is 0.0890. The van der Waals surface area contributed by atoms with E-state index in [0.717, 1.165) is 5.69 Å². The number of nitrogens with zero attached hydrogens (tertiary/aromatic N) is 3. The van der Waals surface area contributed by atoms with Gasteiger partial charge >= 0.3 is 0 Å². The van der Waals surface area contributed by atoms with Crippen molar-refractivity contribution in [1.82, 2.24) is 4.98 Å². The van der Waals surface area contributed by atoms with E-state index < -0.39 is 0 Å². The first-order chi connectivity index (χ1) is 6.16. The average Bonchev–Trinajstić information content (AvgIpc) is 2.16. The molecule has 0 radical (unpaired) electrons. The van der Waals surface area contributed by atoms with Gasteiger partial charge in [0.2, 0.25) is 0 Å². The molecule has 1 aromatic rings. The van der Waals surface area contributed by atoms with Crippen molar-refractivity contribution < 1.29 is 5.21 Å². The summed E-state index contributed by atoms with van der Waals surface area (Å²) >= 11 is 0. The molecular weight excluding hydrogens is 168 g/mol. The Labute approximate surface area is 76.5 Å². The lowest BCUT2D eigenvalue weighted by Crippen LogP contribution is -2.19. The molecule has 1 aromatic heterocycles. The average molecular weight is 180 g/mol. The monoisotopic (exact) mass is 180 g/mol. The van der Waals surface area contributed by atoms with Crippen molar-refractivity contribution >= 4 is 11.5 Å². The number of oxime groups is 1. The molecular formula is C8H12N4O. The quantitative estimate of drug-likeness (QED) is 0.296. The van der Waals surface area contributed by atoms with Crippen molar-refractivity contribution in [2.45, 2.75) is 0 Å². The van der Waals surface area contributed by atoms with Crippen LogP contribution < -0.4 is 10.6 Å². The second-order valence-electron chi connectivity index (χ2n) is 2.77. The second-order valence-corrected chi connectivity index (χ2v) is 2.77. The van der Waals surface area contributed by atoms with Crippen molar-refractivity contribution in [1.29, 1.82) is 0 Å². The topological polar surface area (TPSA) is 74.7 Å². The smallest absolute Gasteiger partial charge is 0.172 e. The van der Waals surface area contributed by atoms with Crippen LogP contribution in [-0.4, -0.2) is 30.1 Å². The van der Waals surface area contributed by atoms with Crippen LogP contribution in [0.15, 0.2) is 23.6 Å². The van der Waals surface area contributed by atoms with E-state index >= 15 is 0 Å². The van der Waals surface area contributed by atoms with Gasteiger partial charge in [0.25, 0.3) is 0 Å². The zero-order chi connectivity index (χ0) is 9.84. The SMILES string of the molecule is CN(C)c1cnccc1/C(N)=N/O. The van der Waals surface area contributed by atoms with Crippen LogP contribution in [0.2, 0.25) is 0 Å². The summed E-state index contributed by atoms with van der Waals surface area (Å²) in [6.45, 7) is 0. The van der Waals surface area contributed by atoms with E-state index in [1.54, 1.807) is 18.5 Å². The number of amidine groups is 1. The molecule has 0 atom stereocenters. The fraction of sp³-hybridized carbons (Fsp3) is 0.250. The van der Waals surface area contributed by atoms with Crippen molar-refractivity contribution in [2.24, 2.45) is 10.9 Å². The van der Waals surface area contributed by atoms with Gasteiger partial charge in [0.15, 0.2) is 5.84 Å². The minimum atomic E-state index is 0.0890. The summed E-state index contributed by atoms with van der Waals surface area (Å²) < 4.78 is 0. The molecule has 5 nitrogen and oxygen atoms in total. The van der Waals surface area contributed by atoms with Crippen LogP contribution in [0.5, 0.6) is 0 Å². The summed E-state index contributed by atoms with van der Waals surface area (Å²) in [5, 5.41) is 11.5. The van der Waals surface area contributed by atoms with Gasteiger partial charge in [-0.3, -0.25) is 4.98 Å². The molecule has 0 spiro atoms. The summed E-state index contributed by atoms with van der Waals surface area (Å²) in [5.74, 6) is 0.0890. The van der Waals surface area contributed by atoms with E-state index in [-0.39, 0.29) is 5.84 Å². The number of hydrogen-bond acceptors (Lipinski definition) is 4. The molecule has 0 aliphatic carbocycles. The van der Waals surface area contributed by atoms with Crippen LogP contribution in [0.4, 0.5) is 5.69 Å². The summed E-state index contributed by atoms with van der Waals surface area (Å²) in [4.78, 5) is 5.80. The van der Waals surface area contributed by atoms with Crippen LogP contribution in [0.3, 0.4) is 0 Å². The molecule has 0 aliphatic heterocycles. The predicted octanol–water partition coefficient (Wildman–Crippen LogP) is 0.242. The molecule has 0 saturated carbocycles. The Morgan fingerprint density at radius 2 is 2.31 bits per heavy atom. The lowest BCUT2D eigenvalue weighted by Gasteiger charge is -2.15. The molecule has 1 heterocycles. The van der Waals surface area contributed by atoms with E-state index in [0.29, 0.717) is 5.56 Å². The molecule has 1 rings (SSSR count). The Morgan fingerprint density at radius 1 is 1.62 bits per heavy atom. The summed E-state index contributed by atoms with van der Waals surface area (Å²) in [7, 11) is 3.73. The minimum Gasteiger partial charge on any atom is -0.409 e. The number of aromatic nitrogens is 1. The number of hydrogen-bond donors (Lipinski definition) is 2. The third kappa shape index (κ3) is 1.87. The highest BCUT2D eigenvalue weighted by Crippen LogP contribution is 2.15. The predicted molar refractivity (Wildman–Crippen MR) is 51.1 cm³/mol. The zero-order valence-electron chi connectivity index (χ0n) is 7.60. The maximum absolute atomic E-state index is 8.52. The molecule has 0 aliphatic rings. The highest BCUT2D eigenvalue weighted by Gasteiger charge is 2.07. The maximum atomic E-state index is 8.52. The Bertz CT molecular complexity index is 322. The number of rotatable bonds is 2. The van der Waals surface area contributed by atoms with Gasteiger partial charge in [-0.05, 0) is 6.07 Å². The molecule has 0 unspecified atom stereocenters. The normalized spacial score (nSPS) is 11.4. The van der Waals surface area contributed by atoms with Crippen LogP contribution in [0.25, 0.3) is 0 Å². The van der Waals surface area contributed by atoms with Crippen molar-refractivity contribution in [3.63, 3.8) is 0 Å². The lowest BCUT2D eigenvalue weighted by atomic mass is 10.2. The van der Waals surface area contributed by atoms with Gasteiger partial charge in [0.05, 0.1) is 11.9 Å². The second kappa shape index (κ2) is 3.75. The van der Waals surface area contributed by atoms with Gasteiger partial charge in [-0.25, -0.2) is 0 Å². The van der Waals surface area contributed by atoms with Crippen molar-refractivity contribution in [3.05, 3.63) is 24.0 Å². The van der Waals surface area contributed by atoms with Gasteiger partial charge < -0.3 is 15.8 Å². The van der Waals surface area contributed by atoms with Crippen LogP contribution in [-0.2, 0) is 0 Å². The fourth-order valence-corrected chi connectivity index (χ4v) is 1.01. The van der Waals surface area contributed by atoms with Crippen molar-refractivity contribution in [2.75, 3.05) is 19.0 Å². The molecule has 0 bridgehead atoms. The Kier molecular flexibility index (Phi) is 2.69. The van der Waals surface area contributed by atoms with E-state index in [1.165, 1.54) is 0 Å². The van der Waals surface area contributed by atoms with Gasteiger partial charge in [0, 0.05) is 25.9 Å². The molecule has 5 heteroatoms. The molecule has 0 saturated heterocycles. The molecule has 3 N–H and O–H groups in total. The first kappa shape index (κ1) is 9.31. The molecule has 70 valence electrons. The van der Waals surface area contributed by atoms with Gasteiger partial charge in [-0.15, -0.1) is 0 Å². The Hall–Kier alpha value is -1.78. The van der Waals surface area contributed by atoms with E-state index in [2.05, 4.69) is 10.1 Å². The van der Waals surface area contributed by atoms with Gasteiger partial charge in [0.1, 0.15) is 0 Å². The van der Waals surface area contributed by atoms with Crippen LogP contribution in [0, 0.1) is 0 Å². The van der Waals surface area contributed by atoms with Crippen LogP contribution in [0.1, 0.15) is 5.56 Å². The third-order valence-electron chi connectivity index (χ3n) is 1.67. The molecule has 0 fully saturated rings. The van der Waals surface area contributed by atoms with E-state index in [4.69, 9.17) is 10.9 Å². The Morgan fingerprint density at radius 3 is 2.85 bits per heavy atom. The summed E-state index contributed by atoms with van der Waals surface area (Å²) in [6, 6.07) is 1.70. The maximum Gasteiger partial charge on any atom is 0.172 e. The third-order valence-corrected chi connectivity index (χ3v) is 1.67. The summed E-state index contributed by atoms with van der Waals surface area (Å²) in [5.41, 5.74) is 6.96. The largest absolute Gasteiger partial charge is 0.409 e. The number of pyridine rings is 1. The van der Waals surface area contributed by atoms with Gasteiger partial charge in [-0.2, -0.15) is 0 Å². The Balaban J connectivity index is 3.20.